The zero-order chi connectivity index (χ0) is 13.7. The topological polar surface area (TPSA) is 50.4 Å². The van der Waals surface area contributed by atoms with Gasteiger partial charge in [-0.25, -0.2) is 0 Å². The summed E-state index contributed by atoms with van der Waals surface area (Å²) in [4.78, 5) is 12.0. The molecule has 2 saturated heterocycles. The van der Waals surface area contributed by atoms with Gasteiger partial charge in [0, 0.05) is 25.5 Å². The van der Waals surface area contributed by atoms with E-state index in [9.17, 15) is 4.79 Å². The highest BCUT2D eigenvalue weighted by Gasteiger charge is 2.25. The molecule has 2 N–H and O–H groups in total. The van der Waals surface area contributed by atoms with Crippen LogP contribution in [0.4, 0.5) is 0 Å². The van der Waals surface area contributed by atoms with Gasteiger partial charge in [0.05, 0.1) is 6.10 Å². The van der Waals surface area contributed by atoms with Crippen LogP contribution in [0.1, 0.15) is 39.5 Å². The average Bonchev–Trinajstić information content (AvgIpc) is 2.83. The first kappa shape index (κ1) is 14.8. The van der Waals surface area contributed by atoms with Crippen molar-refractivity contribution in [2.75, 3.05) is 26.2 Å². The normalized spacial score (nSPS) is 33.1. The van der Waals surface area contributed by atoms with E-state index in [4.69, 9.17) is 4.74 Å². The highest BCUT2D eigenvalue weighted by atomic mass is 16.5. The number of carbonyl (C=O) groups excluding carboxylic acids is 1. The monoisotopic (exact) mass is 268 g/mol. The van der Waals surface area contributed by atoms with Crippen molar-refractivity contribution in [3.8, 4) is 0 Å². The smallest absolute Gasteiger partial charge is 0.220 e. The quantitative estimate of drug-likeness (QED) is 0.795. The number of hydrogen-bond donors (Lipinski definition) is 2. The van der Waals surface area contributed by atoms with Gasteiger partial charge < -0.3 is 15.4 Å². The summed E-state index contributed by atoms with van der Waals surface area (Å²) in [5, 5.41) is 6.51. The molecule has 2 heterocycles. The molecule has 0 aromatic rings. The van der Waals surface area contributed by atoms with Gasteiger partial charge in [-0.15, -0.1) is 0 Å². The second-order valence-electron chi connectivity index (χ2n) is 6.22. The van der Waals surface area contributed by atoms with Crippen molar-refractivity contribution in [2.24, 2.45) is 17.8 Å². The molecule has 2 aliphatic rings. The second kappa shape index (κ2) is 7.25. The average molecular weight is 268 g/mol. The fraction of sp³-hybridized carbons (Fsp3) is 0.933. The molecule has 0 aliphatic carbocycles. The van der Waals surface area contributed by atoms with Crippen LogP contribution in [0.5, 0.6) is 0 Å². The van der Waals surface area contributed by atoms with Gasteiger partial charge >= 0.3 is 0 Å². The molecule has 4 atom stereocenters. The molecule has 1 amide bonds. The minimum Gasteiger partial charge on any atom is -0.378 e. The third kappa shape index (κ3) is 4.46. The summed E-state index contributed by atoms with van der Waals surface area (Å²) in [6, 6.07) is 0. The van der Waals surface area contributed by atoms with Gasteiger partial charge in [-0.2, -0.15) is 0 Å². The summed E-state index contributed by atoms with van der Waals surface area (Å²) in [5.41, 5.74) is 0. The van der Waals surface area contributed by atoms with Crippen LogP contribution in [-0.2, 0) is 9.53 Å². The molecule has 19 heavy (non-hydrogen) atoms. The zero-order valence-corrected chi connectivity index (χ0v) is 12.3. The summed E-state index contributed by atoms with van der Waals surface area (Å²) in [6.45, 7) is 8.12. The van der Waals surface area contributed by atoms with Gasteiger partial charge in [-0.3, -0.25) is 4.79 Å². The highest BCUT2D eigenvalue weighted by Crippen LogP contribution is 2.23. The fourth-order valence-corrected chi connectivity index (χ4v) is 3.18. The predicted molar refractivity (Wildman–Crippen MR) is 75.9 cm³/mol. The number of piperidine rings is 1. The lowest BCUT2D eigenvalue weighted by atomic mass is 9.85. The maximum atomic E-state index is 12.0. The molecule has 0 bridgehead atoms. The maximum absolute atomic E-state index is 12.0. The number of ether oxygens (including phenoxy) is 1. The van der Waals surface area contributed by atoms with E-state index < -0.39 is 0 Å². The first-order chi connectivity index (χ1) is 9.16. The first-order valence-corrected chi connectivity index (χ1v) is 7.76. The Balaban J connectivity index is 1.65. The number of nitrogens with one attached hydrogen (secondary N) is 2. The first-order valence-electron chi connectivity index (χ1n) is 7.76. The zero-order valence-electron chi connectivity index (χ0n) is 12.3. The van der Waals surface area contributed by atoms with E-state index in [1.54, 1.807) is 0 Å². The lowest BCUT2D eigenvalue weighted by molar-refractivity contribution is -0.122. The Kier molecular flexibility index (Phi) is 5.64. The molecule has 110 valence electrons. The van der Waals surface area contributed by atoms with E-state index in [1.165, 1.54) is 12.8 Å². The second-order valence-corrected chi connectivity index (χ2v) is 6.22. The van der Waals surface area contributed by atoms with Gasteiger partial charge in [0.2, 0.25) is 5.91 Å². The van der Waals surface area contributed by atoms with E-state index in [1.807, 2.05) is 0 Å². The third-order valence-corrected chi connectivity index (χ3v) is 4.74. The lowest BCUT2D eigenvalue weighted by Gasteiger charge is -2.28. The molecular weight excluding hydrogens is 240 g/mol. The van der Waals surface area contributed by atoms with Gasteiger partial charge in [-0.05, 0) is 51.1 Å². The van der Waals surface area contributed by atoms with Crippen LogP contribution >= 0.6 is 0 Å². The van der Waals surface area contributed by atoms with Gasteiger partial charge in [0.15, 0.2) is 0 Å². The van der Waals surface area contributed by atoms with E-state index in [-0.39, 0.29) is 5.91 Å². The summed E-state index contributed by atoms with van der Waals surface area (Å²) in [7, 11) is 0. The molecule has 0 spiro atoms. The van der Waals surface area contributed by atoms with Gasteiger partial charge in [0.1, 0.15) is 0 Å². The summed E-state index contributed by atoms with van der Waals surface area (Å²) < 4.78 is 5.51. The van der Waals surface area contributed by atoms with Crippen LogP contribution in [0.25, 0.3) is 0 Å². The van der Waals surface area contributed by atoms with E-state index >= 15 is 0 Å². The predicted octanol–water partition coefficient (Wildman–Crippen LogP) is 1.55. The molecule has 2 fully saturated rings. The van der Waals surface area contributed by atoms with Crippen molar-refractivity contribution < 1.29 is 9.53 Å². The van der Waals surface area contributed by atoms with E-state index in [0.717, 1.165) is 32.7 Å². The van der Waals surface area contributed by atoms with Crippen molar-refractivity contribution in [3.05, 3.63) is 0 Å². The van der Waals surface area contributed by atoms with Crippen molar-refractivity contribution >= 4 is 5.91 Å². The molecule has 0 radical (unpaired) electrons. The van der Waals surface area contributed by atoms with Crippen molar-refractivity contribution in [3.63, 3.8) is 0 Å². The van der Waals surface area contributed by atoms with Crippen molar-refractivity contribution in [1.82, 2.24) is 10.6 Å². The summed E-state index contributed by atoms with van der Waals surface area (Å²) in [5.74, 6) is 1.84. The van der Waals surface area contributed by atoms with Gasteiger partial charge in [-0.1, -0.05) is 6.92 Å². The number of amides is 1. The number of rotatable bonds is 5. The van der Waals surface area contributed by atoms with Gasteiger partial charge in [0.25, 0.3) is 0 Å². The Morgan fingerprint density at radius 3 is 2.95 bits per heavy atom. The molecule has 2 aliphatic heterocycles. The van der Waals surface area contributed by atoms with E-state index in [0.29, 0.717) is 30.3 Å². The SMILES string of the molecule is CC(CC(=O)NCC1CCOC1C)C1CCCNC1. The third-order valence-electron chi connectivity index (χ3n) is 4.74. The van der Waals surface area contributed by atoms with Crippen LogP contribution in [0, 0.1) is 17.8 Å². The van der Waals surface area contributed by atoms with E-state index in [2.05, 4.69) is 24.5 Å². The largest absolute Gasteiger partial charge is 0.378 e. The molecule has 0 aromatic carbocycles. The summed E-state index contributed by atoms with van der Waals surface area (Å²) in [6.07, 6.45) is 4.53. The molecular formula is C15H28N2O2. The van der Waals surface area contributed by atoms with Crippen LogP contribution in [0.3, 0.4) is 0 Å². The molecule has 4 nitrogen and oxygen atoms in total. The maximum Gasteiger partial charge on any atom is 0.220 e. The number of hydrogen-bond acceptors (Lipinski definition) is 3. The Labute approximate surface area is 116 Å². The highest BCUT2D eigenvalue weighted by molar-refractivity contribution is 5.76. The lowest BCUT2D eigenvalue weighted by Crippen LogP contribution is -2.37. The molecule has 0 aromatic heterocycles. The number of carbonyl (C=O) groups is 1. The molecule has 4 unspecified atom stereocenters. The Morgan fingerprint density at radius 2 is 2.32 bits per heavy atom. The molecule has 4 heteroatoms. The molecule has 0 saturated carbocycles. The van der Waals surface area contributed by atoms with Crippen LogP contribution < -0.4 is 10.6 Å². The van der Waals surface area contributed by atoms with Crippen LogP contribution in [0.15, 0.2) is 0 Å². The fourth-order valence-electron chi connectivity index (χ4n) is 3.18. The van der Waals surface area contributed by atoms with Crippen molar-refractivity contribution in [2.45, 2.75) is 45.6 Å². The van der Waals surface area contributed by atoms with Crippen LogP contribution in [0.2, 0.25) is 0 Å². The Morgan fingerprint density at radius 1 is 1.47 bits per heavy atom. The molecule has 2 rings (SSSR count). The Bertz CT molecular complexity index is 290. The minimum atomic E-state index is 0.206. The van der Waals surface area contributed by atoms with Crippen molar-refractivity contribution in [1.29, 1.82) is 0 Å². The Hall–Kier alpha value is -0.610. The summed E-state index contributed by atoms with van der Waals surface area (Å²) >= 11 is 0. The van der Waals surface area contributed by atoms with Crippen LogP contribution in [-0.4, -0.2) is 38.3 Å². The minimum absolute atomic E-state index is 0.206. The standard InChI is InChI=1S/C15H28N2O2/c1-11(13-4-3-6-16-9-13)8-15(18)17-10-14-5-7-19-12(14)2/h11-14,16H,3-10H2,1-2H3,(H,17,18).